The lowest BCUT2D eigenvalue weighted by Gasteiger charge is -2.23. The molecule has 5 heteroatoms. The maximum Gasteiger partial charge on any atom is 0.140 e. The first-order valence-electron chi connectivity index (χ1n) is 10.7. The molecule has 1 aliphatic carbocycles. The van der Waals surface area contributed by atoms with E-state index in [1.54, 1.807) is 11.8 Å². The van der Waals surface area contributed by atoms with E-state index in [2.05, 4.69) is 61.0 Å². The Balaban J connectivity index is 1.91. The molecule has 1 N–H and O–H groups in total. The lowest BCUT2D eigenvalue weighted by atomic mass is 9.96. The highest BCUT2D eigenvalue weighted by atomic mass is 32.2. The summed E-state index contributed by atoms with van der Waals surface area (Å²) in [6, 6.07) is 11.2. The maximum atomic E-state index is 5.73. The number of nitrogens with zero attached hydrogens (tertiary/aromatic N) is 2. The first-order valence-corrected chi connectivity index (χ1v) is 12.0. The van der Waals surface area contributed by atoms with E-state index >= 15 is 0 Å². The van der Waals surface area contributed by atoms with Gasteiger partial charge in [0.25, 0.3) is 0 Å². The van der Waals surface area contributed by atoms with Gasteiger partial charge in [0.1, 0.15) is 15.2 Å². The first kappa shape index (κ1) is 21.4. The van der Waals surface area contributed by atoms with Gasteiger partial charge in [-0.3, -0.25) is 0 Å². The average molecular weight is 416 g/mol. The molecule has 1 fully saturated rings. The minimum Gasteiger partial charge on any atom is -0.368 e. The summed E-state index contributed by atoms with van der Waals surface area (Å²) in [5, 5.41) is 4.63. The molecule has 1 aliphatic rings. The Morgan fingerprint density at radius 2 is 1.93 bits per heavy atom. The van der Waals surface area contributed by atoms with Crippen molar-refractivity contribution in [2.45, 2.75) is 89.2 Å². The molecule has 0 saturated heterocycles. The summed E-state index contributed by atoms with van der Waals surface area (Å²) in [5.74, 6) is 1.55. The number of aromatic nitrogens is 2. The molecule has 152 valence electrons. The topological polar surface area (TPSA) is 29.9 Å². The molecule has 0 bridgehead atoms. The van der Waals surface area contributed by atoms with Gasteiger partial charge in [0.2, 0.25) is 0 Å². The highest BCUT2D eigenvalue weighted by Crippen LogP contribution is 2.35. The van der Waals surface area contributed by atoms with Gasteiger partial charge in [-0.2, -0.15) is 0 Å². The molecule has 1 aromatic heterocycles. The molecule has 1 aromatic carbocycles. The number of thioether (sulfide) groups is 1. The number of imidazole rings is 1. The SMILES string of the molecule is CCCCn1c(C(C)C)nc(SC(=S)NC2CCCCC2)c1-c1ccccc1. The van der Waals surface area contributed by atoms with Crippen molar-refractivity contribution in [2.24, 2.45) is 0 Å². The molecule has 0 aliphatic heterocycles. The summed E-state index contributed by atoms with van der Waals surface area (Å²) in [5.41, 5.74) is 2.44. The van der Waals surface area contributed by atoms with Crippen LogP contribution in [0.2, 0.25) is 0 Å². The van der Waals surface area contributed by atoms with Crippen LogP contribution in [0, 0.1) is 0 Å². The molecule has 1 saturated carbocycles. The maximum absolute atomic E-state index is 5.73. The molecule has 3 nitrogen and oxygen atoms in total. The van der Waals surface area contributed by atoms with E-state index in [9.17, 15) is 0 Å². The highest BCUT2D eigenvalue weighted by Gasteiger charge is 2.23. The third kappa shape index (κ3) is 5.38. The minimum absolute atomic E-state index is 0.383. The average Bonchev–Trinajstić information content (AvgIpc) is 3.06. The number of benzene rings is 1. The second-order valence-corrected chi connectivity index (χ2v) is 9.68. The zero-order valence-electron chi connectivity index (χ0n) is 17.4. The molecule has 0 atom stereocenters. The summed E-state index contributed by atoms with van der Waals surface area (Å²) in [7, 11) is 0. The van der Waals surface area contributed by atoms with E-state index in [0.29, 0.717) is 12.0 Å². The predicted molar refractivity (Wildman–Crippen MR) is 125 cm³/mol. The normalized spacial score (nSPS) is 15.1. The van der Waals surface area contributed by atoms with Crippen LogP contribution in [0.4, 0.5) is 0 Å². The Bertz CT molecular complexity index is 762. The van der Waals surface area contributed by atoms with Gasteiger partial charge in [-0.1, -0.05) is 89.0 Å². The van der Waals surface area contributed by atoms with Gasteiger partial charge in [-0.15, -0.1) is 0 Å². The Kier molecular flexibility index (Phi) is 7.98. The third-order valence-electron chi connectivity index (χ3n) is 5.38. The van der Waals surface area contributed by atoms with E-state index in [1.807, 2.05) is 0 Å². The number of unbranched alkanes of at least 4 members (excludes halogenated alkanes) is 1. The van der Waals surface area contributed by atoms with E-state index in [1.165, 1.54) is 49.8 Å². The van der Waals surface area contributed by atoms with Crippen molar-refractivity contribution in [3.8, 4) is 11.3 Å². The molecule has 0 unspecified atom stereocenters. The summed E-state index contributed by atoms with van der Waals surface area (Å²) in [6.45, 7) is 7.71. The molecular weight excluding hydrogens is 382 g/mol. The van der Waals surface area contributed by atoms with Gasteiger partial charge in [-0.25, -0.2) is 4.98 Å². The predicted octanol–water partition coefficient (Wildman–Crippen LogP) is 6.77. The zero-order chi connectivity index (χ0) is 19.9. The Morgan fingerprint density at radius 3 is 2.57 bits per heavy atom. The first-order chi connectivity index (χ1) is 13.6. The van der Waals surface area contributed by atoms with E-state index in [0.717, 1.165) is 28.1 Å². The third-order valence-corrected chi connectivity index (χ3v) is 6.53. The van der Waals surface area contributed by atoms with Crippen LogP contribution in [0.15, 0.2) is 35.4 Å². The standard InChI is InChI=1S/C23H33N3S2/c1-4-5-16-26-20(18-12-8-6-9-13-18)22(25-21(26)17(2)3)28-23(27)24-19-14-10-7-11-15-19/h6,8-9,12-13,17,19H,4-5,7,10-11,14-16H2,1-3H3,(H,24,27). The number of hydrogen-bond acceptors (Lipinski definition) is 3. The zero-order valence-corrected chi connectivity index (χ0v) is 19.0. The van der Waals surface area contributed by atoms with Crippen LogP contribution >= 0.6 is 24.0 Å². The second kappa shape index (κ2) is 10.4. The molecule has 0 spiro atoms. The van der Waals surface area contributed by atoms with Crippen molar-refractivity contribution >= 4 is 28.3 Å². The number of rotatable bonds is 7. The van der Waals surface area contributed by atoms with Gasteiger partial charge in [0.15, 0.2) is 0 Å². The van der Waals surface area contributed by atoms with Crippen molar-refractivity contribution in [3.05, 3.63) is 36.2 Å². The van der Waals surface area contributed by atoms with Crippen molar-refractivity contribution in [1.82, 2.24) is 14.9 Å². The molecule has 1 heterocycles. The van der Waals surface area contributed by atoms with Crippen molar-refractivity contribution in [1.29, 1.82) is 0 Å². The smallest absolute Gasteiger partial charge is 0.140 e. The van der Waals surface area contributed by atoms with Crippen molar-refractivity contribution in [3.63, 3.8) is 0 Å². The summed E-state index contributed by atoms with van der Waals surface area (Å²) in [4.78, 5) is 5.07. The van der Waals surface area contributed by atoms with E-state index in [4.69, 9.17) is 17.2 Å². The van der Waals surface area contributed by atoms with Crippen molar-refractivity contribution < 1.29 is 0 Å². The van der Waals surface area contributed by atoms with Crippen LogP contribution in [0.5, 0.6) is 0 Å². The highest BCUT2D eigenvalue weighted by molar-refractivity contribution is 8.23. The Labute approximate surface area is 179 Å². The van der Waals surface area contributed by atoms with Crippen LogP contribution in [-0.2, 0) is 6.54 Å². The fourth-order valence-electron chi connectivity index (χ4n) is 3.91. The molecule has 2 aromatic rings. The molecule has 28 heavy (non-hydrogen) atoms. The molecular formula is C23H33N3S2. The van der Waals surface area contributed by atoms with Crippen LogP contribution in [0.1, 0.15) is 77.5 Å². The molecule has 0 amide bonds. The lowest BCUT2D eigenvalue weighted by molar-refractivity contribution is 0.416. The van der Waals surface area contributed by atoms with Crippen LogP contribution < -0.4 is 5.32 Å². The fourth-order valence-corrected chi connectivity index (χ4v) is 5.18. The summed E-state index contributed by atoms with van der Waals surface area (Å²) in [6.07, 6.45) is 8.77. The number of nitrogens with one attached hydrogen (secondary N) is 1. The van der Waals surface area contributed by atoms with Gasteiger partial charge >= 0.3 is 0 Å². The quantitative estimate of drug-likeness (QED) is 0.399. The summed E-state index contributed by atoms with van der Waals surface area (Å²) < 4.78 is 3.29. The minimum atomic E-state index is 0.383. The van der Waals surface area contributed by atoms with Crippen molar-refractivity contribution in [2.75, 3.05) is 0 Å². The number of thiocarbonyl (C=S) groups is 1. The fraction of sp³-hybridized carbons (Fsp3) is 0.565. The van der Waals surface area contributed by atoms with Gasteiger partial charge < -0.3 is 9.88 Å². The van der Waals surface area contributed by atoms with Gasteiger partial charge in [-0.05, 0) is 31.0 Å². The monoisotopic (exact) mass is 415 g/mol. The van der Waals surface area contributed by atoms with Crippen LogP contribution in [-0.4, -0.2) is 19.9 Å². The Morgan fingerprint density at radius 1 is 1.21 bits per heavy atom. The molecule has 0 radical (unpaired) electrons. The van der Waals surface area contributed by atoms with Crippen LogP contribution in [0.25, 0.3) is 11.3 Å². The van der Waals surface area contributed by atoms with E-state index in [-0.39, 0.29) is 0 Å². The molecule has 3 rings (SSSR count). The Hall–Kier alpha value is -1.33. The van der Waals surface area contributed by atoms with Gasteiger partial charge in [0, 0.05) is 24.1 Å². The second-order valence-electron chi connectivity index (χ2n) is 8.02. The van der Waals surface area contributed by atoms with E-state index < -0.39 is 0 Å². The largest absolute Gasteiger partial charge is 0.368 e. The number of hydrogen-bond donors (Lipinski definition) is 1. The summed E-state index contributed by atoms with van der Waals surface area (Å²) >= 11 is 7.37. The van der Waals surface area contributed by atoms with Gasteiger partial charge in [0.05, 0.1) is 5.69 Å². The van der Waals surface area contributed by atoms with Crippen LogP contribution in [0.3, 0.4) is 0 Å². The lowest BCUT2D eigenvalue weighted by Crippen LogP contribution is -2.33.